The minimum atomic E-state index is -3.78. The lowest BCUT2D eigenvalue weighted by Gasteiger charge is -2.35. The third kappa shape index (κ3) is 3.63. The molecule has 0 radical (unpaired) electrons. The average Bonchev–Trinajstić information content (AvgIpc) is 2.68. The van der Waals surface area contributed by atoms with E-state index < -0.39 is 16.1 Å². The first kappa shape index (κ1) is 20.7. The van der Waals surface area contributed by atoms with Crippen LogP contribution in [0.3, 0.4) is 0 Å². The monoisotopic (exact) mass is 421 g/mol. The second-order valence-corrected chi connectivity index (χ2v) is 8.53. The van der Waals surface area contributed by atoms with E-state index in [2.05, 4.69) is 10.3 Å². The SMILES string of the molecule is Cc1ccc(S(=O)(=O)N2CCNCC2c2cccc(F)c2)c2cccnc12.Cl. The first-order chi connectivity index (χ1) is 13.0. The minimum absolute atomic E-state index is 0. The van der Waals surface area contributed by atoms with Crippen molar-refractivity contribution >= 4 is 33.3 Å². The quantitative estimate of drug-likeness (QED) is 0.703. The molecule has 0 saturated carbocycles. The van der Waals surface area contributed by atoms with Gasteiger partial charge in [-0.15, -0.1) is 12.4 Å². The Hall–Kier alpha value is -2.06. The van der Waals surface area contributed by atoms with Crippen LogP contribution in [0.4, 0.5) is 4.39 Å². The fourth-order valence-electron chi connectivity index (χ4n) is 3.61. The van der Waals surface area contributed by atoms with Crippen LogP contribution in [0.15, 0.2) is 59.6 Å². The van der Waals surface area contributed by atoms with E-state index in [4.69, 9.17) is 0 Å². The molecule has 0 spiro atoms. The summed E-state index contributed by atoms with van der Waals surface area (Å²) in [5.41, 5.74) is 2.24. The van der Waals surface area contributed by atoms with Crippen LogP contribution >= 0.6 is 12.4 Å². The number of fused-ring (bicyclic) bond motifs is 1. The lowest BCUT2D eigenvalue weighted by Crippen LogP contribution is -2.48. The number of halogens is 2. The summed E-state index contributed by atoms with van der Waals surface area (Å²) in [5, 5.41) is 3.82. The highest BCUT2D eigenvalue weighted by molar-refractivity contribution is 7.89. The van der Waals surface area contributed by atoms with E-state index in [9.17, 15) is 12.8 Å². The molecule has 5 nitrogen and oxygen atoms in total. The molecule has 1 aromatic heterocycles. The van der Waals surface area contributed by atoms with Crippen molar-refractivity contribution in [2.24, 2.45) is 0 Å². The summed E-state index contributed by atoms with van der Waals surface area (Å²) >= 11 is 0. The predicted molar refractivity (Wildman–Crippen MR) is 110 cm³/mol. The van der Waals surface area contributed by atoms with Crippen molar-refractivity contribution in [2.75, 3.05) is 19.6 Å². The third-order valence-corrected chi connectivity index (χ3v) is 6.91. The second kappa shape index (κ2) is 8.13. The number of pyridine rings is 1. The van der Waals surface area contributed by atoms with Crippen LogP contribution in [-0.2, 0) is 10.0 Å². The zero-order valence-corrected chi connectivity index (χ0v) is 16.9. The molecular weight excluding hydrogens is 401 g/mol. The smallest absolute Gasteiger partial charge is 0.244 e. The van der Waals surface area contributed by atoms with E-state index in [-0.39, 0.29) is 23.1 Å². The maximum Gasteiger partial charge on any atom is 0.244 e. The molecule has 4 rings (SSSR count). The van der Waals surface area contributed by atoms with Gasteiger partial charge in [-0.25, -0.2) is 12.8 Å². The topological polar surface area (TPSA) is 62.3 Å². The summed E-state index contributed by atoms with van der Waals surface area (Å²) in [4.78, 5) is 4.58. The number of hydrogen-bond donors (Lipinski definition) is 1. The van der Waals surface area contributed by atoms with E-state index in [0.717, 1.165) is 5.56 Å². The van der Waals surface area contributed by atoms with E-state index >= 15 is 0 Å². The summed E-state index contributed by atoms with van der Waals surface area (Å²) in [5.74, 6) is -0.375. The number of nitrogens with one attached hydrogen (secondary N) is 1. The minimum Gasteiger partial charge on any atom is -0.313 e. The molecule has 0 bridgehead atoms. The average molecular weight is 422 g/mol. The maximum absolute atomic E-state index is 13.7. The molecule has 1 aliphatic rings. The molecule has 3 aromatic rings. The fourth-order valence-corrected chi connectivity index (χ4v) is 5.41. The van der Waals surface area contributed by atoms with E-state index in [1.807, 2.05) is 6.92 Å². The lowest BCUT2D eigenvalue weighted by atomic mass is 10.1. The largest absolute Gasteiger partial charge is 0.313 e. The van der Waals surface area contributed by atoms with E-state index in [0.29, 0.717) is 36.1 Å². The Labute approximate surface area is 170 Å². The van der Waals surface area contributed by atoms with Crippen molar-refractivity contribution in [3.8, 4) is 0 Å². The Morgan fingerprint density at radius 3 is 2.79 bits per heavy atom. The molecular formula is C20H21ClFN3O2S. The lowest BCUT2D eigenvalue weighted by molar-refractivity contribution is 0.271. The predicted octanol–water partition coefficient (Wildman–Crippen LogP) is 3.44. The Kier molecular flexibility index (Phi) is 6.00. The summed E-state index contributed by atoms with van der Waals surface area (Å²) in [6.45, 7) is 3.21. The van der Waals surface area contributed by atoms with Gasteiger partial charge < -0.3 is 5.32 Å². The van der Waals surface area contributed by atoms with Crippen molar-refractivity contribution in [1.82, 2.24) is 14.6 Å². The standard InChI is InChI=1S/C20H20FN3O2S.ClH/c1-14-7-8-19(17-6-3-9-23-20(14)17)27(25,26)24-11-10-22-13-18(24)15-4-2-5-16(21)12-15;/h2-9,12,18,22H,10-11,13H2,1H3;1H. The zero-order chi connectivity index (χ0) is 19.0. The highest BCUT2D eigenvalue weighted by Crippen LogP contribution is 2.32. The molecule has 1 aliphatic heterocycles. The molecule has 148 valence electrons. The van der Waals surface area contributed by atoms with Gasteiger partial charge in [-0.1, -0.05) is 18.2 Å². The molecule has 0 amide bonds. The number of sulfonamides is 1. The van der Waals surface area contributed by atoms with Gasteiger partial charge >= 0.3 is 0 Å². The van der Waals surface area contributed by atoms with E-state index in [1.165, 1.54) is 16.4 Å². The van der Waals surface area contributed by atoms with Crippen molar-refractivity contribution in [1.29, 1.82) is 0 Å². The van der Waals surface area contributed by atoms with Crippen LogP contribution < -0.4 is 5.32 Å². The normalized spacial score (nSPS) is 18.0. The molecule has 2 heterocycles. The molecule has 8 heteroatoms. The Morgan fingerprint density at radius 1 is 1.18 bits per heavy atom. The third-order valence-electron chi connectivity index (χ3n) is 4.95. The maximum atomic E-state index is 13.7. The highest BCUT2D eigenvalue weighted by atomic mass is 35.5. The number of piperazine rings is 1. The van der Waals surface area contributed by atoms with Crippen molar-refractivity contribution in [2.45, 2.75) is 17.9 Å². The van der Waals surface area contributed by atoms with Gasteiger partial charge in [-0.2, -0.15) is 4.31 Å². The summed E-state index contributed by atoms with van der Waals surface area (Å²) in [6.07, 6.45) is 1.66. The highest BCUT2D eigenvalue weighted by Gasteiger charge is 2.35. The van der Waals surface area contributed by atoms with E-state index in [1.54, 1.807) is 42.6 Å². The summed E-state index contributed by atoms with van der Waals surface area (Å²) in [7, 11) is -3.78. The molecule has 2 aromatic carbocycles. The number of rotatable bonds is 3. The van der Waals surface area contributed by atoms with Gasteiger partial charge in [-0.3, -0.25) is 4.98 Å². The van der Waals surface area contributed by atoms with Gasteiger partial charge in [0, 0.05) is 31.2 Å². The molecule has 1 fully saturated rings. The fraction of sp³-hybridized carbons (Fsp3) is 0.250. The Bertz CT molecular complexity index is 1110. The first-order valence-corrected chi connectivity index (χ1v) is 10.2. The van der Waals surface area contributed by atoms with Crippen molar-refractivity contribution in [3.63, 3.8) is 0 Å². The molecule has 1 saturated heterocycles. The number of aromatic nitrogens is 1. The molecule has 1 unspecified atom stereocenters. The van der Waals surface area contributed by atoms with Gasteiger partial charge in [-0.05, 0) is 48.4 Å². The van der Waals surface area contributed by atoms with Crippen LogP contribution in [0.2, 0.25) is 0 Å². The first-order valence-electron chi connectivity index (χ1n) is 8.81. The van der Waals surface area contributed by atoms with Gasteiger partial charge in [0.05, 0.1) is 16.5 Å². The van der Waals surface area contributed by atoms with Crippen molar-refractivity contribution < 1.29 is 12.8 Å². The number of hydrogen-bond acceptors (Lipinski definition) is 4. The zero-order valence-electron chi connectivity index (χ0n) is 15.3. The summed E-state index contributed by atoms with van der Waals surface area (Å²) in [6, 6.07) is 12.6. The van der Waals surface area contributed by atoms with Gasteiger partial charge in [0.2, 0.25) is 10.0 Å². The number of benzene rings is 2. The summed E-state index contributed by atoms with van der Waals surface area (Å²) < 4.78 is 42.3. The van der Waals surface area contributed by atoms with Gasteiger partial charge in [0.25, 0.3) is 0 Å². The Balaban J connectivity index is 0.00000225. The van der Waals surface area contributed by atoms with Crippen LogP contribution in [0, 0.1) is 12.7 Å². The van der Waals surface area contributed by atoms with Crippen LogP contribution in [-0.4, -0.2) is 37.3 Å². The molecule has 1 atom stereocenters. The molecule has 28 heavy (non-hydrogen) atoms. The van der Waals surface area contributed by atoms with Crippen LogP contribution in [0.25, 0.3) is 10.9 Å². The van der Waals surface area contributed by atoms with Crippen LogP contribution in [0.5, 0.6) is 0 Å². The number of aryl methyl sites for hydroxylation is 1. The molecule has 1 N–H and O–H groups in total. The van der Waals surface area contributed by atoms with Crippen molar-refractivity contribution in [3.05, 3.63) is 71.7 Å². The van der Waals surface area contributed by atoms with Crippen LogP contribution in [0.1, 0.15) is 17.2 Å². The van der Waals surface area contributed by atoms with Gasteiger partial charge in [0.1, 0.15) is 5.82 Å². The second-order valence-electron chi connectivity index (χ2n) is 6.67. The molecule has 0 aliphatic carbocycles. The number of nitrogens with zero attached hydrogens (tertiary/aromatic N) is 2. The van der Waals surface area contributed by atoms with Gasteiger partial charge in [0.15, 0.2) is 0 Å². The Morgan fingerprint density at radius 2 is 2.00 bits per heavy atom.